The quantitative estimate of drug-likeness (QED) is 0.832. The average Bonchev–Trinajstić information content (AvgIpc) is 2.24. The van der Waals surface area contributed by atoms with E-state index in [1.807, 2.05) is 50.2 Å². The third-order valence-corrected chi connectivity index (χ3v) is 2.69. The van der Waals surface area contributed by atoms with Crippen molar-refractivity contribution < 1.29 is 0 Å². The van der Waals surface area contributed by atoms with Crippen molar-refractivity contribution in [3.63, 3.8) is 0 Å². The lowest BCUT2D eigenvalue weighted by Gasteiger charge is -2.12. The van der Waals surface area contributed by atoms with E-state index in [1.165, 1.54) is 0 Å². The van der Waals surface area contributed by atoms with Gasteiger partial charge in [0.15, 0.2) is 5.43 Å². The van der Waals surface area contributed by atoms with Crippen LogP contribution >= 0.6 is 0 Å². The van der Waals surface area contributed by atoms with Crippen LogP contribution < -0.4 is 5.43 Å². The molecule has 0 bridgehead atoms. The number of nitrogens with zero attached hydrogens (tertiary/aromatic N) is 1. The highest BCUT2D eigenvalue weighted by atomic mass is 16.1. The summed E-state index contributed by atoms with van der Waals surface area (Å²) in [5, 5.41) is 0.768. The van der Waals surface area contributed by atoms with E-state index in [-0.39, 0.29) is 5.43 Å². The molecule has 0 amide bonds. The van der Waals surface area contributed by atoms with Gasteiger partial charge >= 0.3 is 0 Å². The minimum atomic E-state index is 0.139. The highest BCUT2D eigenvalue weighted by molar-refractivity contribution is 5.79. The Morgan fingerprint density at radius 2 is 1.94 bits per heavy atom. The van der Waals surface area contributed by atoms with Gasteiger partial charge in [-0.1, -0.05) is 12.1 Å². The molecule has 2 aromatic rings. The van der Waals surface area contributed by atoms with Crippen molar-refractivity contribution in [2.75, 3.05) is 14.1 Å². The second kappa shape index (κ2) is 4.10. The maximum atomic E-state index is 12.2. The highest BCUT2D eigenvalue weighted by Crippen LogP contribution is 2.11. The molecule has 0 fully saturated rings. The molecule has 0 saturated carbocycles. The number of rotatable bonds is 2. The first-order valence-corrected chi connectivity index (χ1v) is 5.35. The summed E-state index contributed by atoms with van der Waals surface area (Å²) >= 11 is 0. The molecule has 0 aliphatic heterocycles. The lowest BCUT2D eigenvalue weighted by molar-refractivity contribution is 0.400. The topological polar surface area (TPSA) is 36.1 Å². The number of hydrogen-bond donors (Lipinski definition) is 1. The predicted molar refractivity (Wildman–Crippen MR) is 66.7 cm³/mol. The molecule has 84 valence electrons. The Bertz CT molecular complexity index is 570. The number of aromatic nitrogens is 1. The molecular weight excluding hydrogens is 200 g/mol. The molecule has 2 rings (SSSR count). The minimum Gasteiger partial charge on any atom is -0.358 e. The first kappa shape index (κ1) is 10.9. The summed E-state index contributed by atoms with van der Waals surface area (Å²) in [5.41, 5.74) is 2.86. The predicted octanol–water partition coefficient (Wildman–Crippen LogP) is 1.90. The number of aryl methyl sites for hydroxylation is 1. The van der Waals surface area contributed by atoms with Gasteiger partial charge in [-0.25, -0.2) is 0 Å². The molecule has 0 radical (unpaired) electrons. The molecule has 0 aliphatic carbocycles. The van der Waals surface area contributed by atoms with E-state index in [0.29, 0.717) is 6.54 Å². The van der Waals surface area contributed by atoms with Gasteiger partial charge in [0, 0.05) is 28.7 Å². The third-order valence-electron chi connectivity index (χ3n) is 2.69. The van der Waals surface area contributed by atoms with Gasteiger partial charge in [-0.05, 0) is 33.2 Å². The van der Waals surface area contributed by atoms with E-state index in [4.69, 9.17) is 0 Å². The Morgan fingerprint density at radius 3 is 2.62 bits per heavy atom. The van der Waals surface area contributed by atoms with Crippen LogP contribution in [0.2, 0.25) is 0 Å². The summed E-state index contributed by atoms with van der Waals surface area (Å²) in [4.78, 5) is 17.5. The van der Waals surface area contributed by atoms with E-state index in [1.54, 1.807) is 0 Å². The van der Waals surface area contributed by atoms with Crippen LogP contribution in [0.1, 0.15) is 11.3 Å². The third kappa shape index (κ3) is 1.86. The molecule has 0 atom stereocenters. The van der Waals surface area contributed by atoms with E-state index in [2.05, 4.69) is 4.98 Å². The molecule has 0 aliphatic rings. The lowest BCUT2D eigenvalue weighted by atomic mass is 10.1. The standard InChI is InChI=1S/C13H16N2O/c1-9-11(8-15(2)3)13(16)10-6-4-5-7-12(10)14-9/h4-7H,8H2,1-3H3,(H,14,16). The van der Waals surface area contributed by atoms with Crippen molar-refractivity contribution in [1.29, 1.82) is 0 Å². The van der Waals surface area contributed by atoms with Crippen molar-refractivity contribution >= 4 is 10.9 Å². The Balaban J connectivity index is 2.71. The van der Waals surface area contributed by atoms with E-state index >= 15 is 0 Å². The molecule has 0 unspecified atom stereocenters. The van der Waals surface area contributed by atoms with Crippen LogP contribution in [0.5, 0.6) is 0 Å². The number of hydrogen-bond acceptors (Lipinski definition) is 2. The molecule has 16 heavy (non-hydrogen) atoms. The zero-order valence-electron chi connectivity index (χ0n) is 9.87. The second-order valence-corrected chi connectivity index (χ2v) is 4.34. The van der Waals surface area contributed by atoms with Gasteiger partial charge in [0.2, 0.25) is 0 Å². The number of aromatic amines is 1. The summed E-state index contributed by atoms with van der Waals surface area (Å²) in [5.74, 6) is 0. The SMILES string of the molecule is Cc1[nH]c2ccccc2c(=O)c1CN(C)C. The molecule has 1 aromatic carbocycles. The number of para-hydroxylation sites is 1. The molecule has 1 N–H and O–H groups in total. The van der Waals surface area contributed by atoms with Crippen molar-refractivity contribution in [3.05, 3.63) is 45.7 Å². The van der Waals surface area contributed by atoms with Gasteiger partial charge in [0.05, 0.1) is 0 Å². The highest BCUT2D eigenvalue weighted by Gasteiger charge is 2.09. The summed E-state index contributed by atoms with van der Waals surface area (Å²) in [7, 11) is 3.93. The van der Waals surface area contributed by atoms with Crippen LogP contribution in [0.4, 0.5) is 0 Å². The van der Waals surface area contributed by atoms with Crippen molar-refractivity contribution in [2.24, 2.45) is 0 Å². The minimum absolute atomic E-state index is 0.139. The number of H-pyrrole nitrogens is 1. The smallest absolute Gasteiger partial charge is 0.194 e. The van der Waals surface area contributed by atoms with Gasteiger partial charge in [-0.3, -0.25) is 4.79 Å². The molecular formula is C13H16N2O. The Morgan fingerprint density at radius 1 is 1.25 bits per heavy atom. The summed E-state index contributed by atoms with van der Waals surface area (Å²) in [6.07, 6.45) is 0. The number of pyridine rings is 1. The summed E-state index contributed by atoms with van der Waals surface area (Å²) in [6.45, 7) is 2.62. The van der Waals surface area contributed by atoms with E-state index in [9.17, 15) is 4.79 Å². The van der Waals surface area contributed by atoms with Gasteiger partial charge in [0.1, 0.15) is 0 Å². The molecule has 3 nitrogen and oxygen atoms in total. The molecule has 1 aromatic heterocycles. The summed E-state index contributed by atoms with van der Waals surface area (Å²) < 4.78 is 0. The van der Waals surface area contributed by atoms with Crippen LogP contribution in [0.25, 0.3) is 10.9 Å². The number of benzene rings is 1. The fourth-order valence-corrected chi connectivity index (χ4v) is 1.91. The van der Waals surface area contributed by atoms with Crippen LogP contribution in [0.3, 0.4) is 0 Å². The Hall–Kier alpha value is -1.61. The average molecular weight is 216 g/mol. The van der Waals surface area contributed by atoms with E-state index < -0.39 is 0 Å². The van der Waals surface area contributed by atoms with Crippen LogP contribution in [-0.2, 0) is 6.54 Å². The van der Waals surface area contributed by atoms with E-state index in [0.717, 1.165) is 22.2 Å². The Kier molecular flexibility index (Phi) is 2.79. The van der Waals surface area contributed by atoms with Gasteiger partial charge in [0.25, 0.3) is 0 Å². The zero-order chi connectivity index (χ0) is 11.7. The van der Waals surface area contributed by atoms with Gasteiger partial charge in [-0.15, -0.1) is 0 Å². The van der Waals surface area contributed by atoms with Crippen molar-refractivity contribution in [3.8, 4) is 0 Å². The first-order valence-electron chi connectivity index (χ1n) is 5.35. The summed E-state index contributed by atoms with van der Waals surface area (Å²) in [6, 6.07) is 7.63. The number of nitrogens with one attached hydrogen (secondary N) is 1. The molecule has 3 heteroatoms. The van der Waals surface area contributed by atoms with Gasteiger partial charge < -0.3 is 9.88 Å². The van der Waals surface area contributed by atoms with Crippen LogP contribution in [-0.4, -0.2) is 24.0 Å². The van der Waals surface area contributed by atoms with Crippen molar-refractivity contribution in [2.45, 2.75) is 13.5 Å². The fraction of sp³-hybridized carbons (Fsp3) is 0.308. The zero-order valence-corrected chi connectivity index (χ0v) is 9.87. The lowest BCUT2D eigenvalue weighted by Crippen LogP contribution is -2.20. The van der Waals surface area contributed by atoms with Crippen LogP contribution in [0.15, 0.2) is 29.1 Å². The van der Waals surface area contributed by atoms with Crippen LogP contribution in [0, 0.1) is 6.92 Å². The second-order valence-electron chi connectivity index (χ2n) is 4.34. The first-order chi connectivity index (χ1) is 7.59. The molecule has 0 saturated heterocycles. The largest absolute Gasteiger partial charge is 0.358 e. The normalized spacial score (nSPS) is 11.2. The van der Waals surface area contributed by atoms with Crippen molar-refractivity contribution in [1.82, 2.24) is 9.88 Å². The molecule has 1 heterocycles. The fourth-order valence-electron chi connectivity index (χ4n) is 1.91. The Labute approximate surface area is 94.7 Å². The number of fused-ring (bicyclic) bond motifs is 1. The maximum Gasteiger partial charge on any atom is 0.194 e. The maximum absolute atomic E-state index is 12.2. The monoisotopic (exact) mass is 216 g/mol. The molecule has 0 spiro atoms. The van der Waals surface area contributed by atoms with Gasteiger partial charge in [-0.2, -0.15) is 0 Å².